The largest absolute Gasteiger partial charge is 0.686 e. The van der Waals surface area contributed by atoms with E-state index in [9.17, 15) is 19.2 Å². The summed E-state index contributed by atoms with van der Waals surface area (Å²) in [5.74, 6) is 0. The zero-order valence-electron chi connectivity index (χ0n) is 27.6. The molecule has 4 aromatic rings. The molecule has 8 heterocycles. The van der Waals surface area contributed by atoms with Gasteiger partial charge in [-0.1, -0.05) is 105 Å². The van der Waals surface area contributed by atoms with Crippen molar-refractivity contribution in [1.82, 2.24) is 19.9 Å². The molecule has 0 aromatic carbocycles. The molecule has 0 aliphatic carbocycles. The Labute approximate surface area is 318 Å². The van der Waals surface area contributed by atoms with E-state index in [0.29, 0.717) is 28.9 Å². The molecule has 3 fully saturated rings. The van der Waals surface area contributed by atoms with Crippen LogP contribution in [0.3, 0.4) is 0 Å². The van der Waals surface area contributed by atoms with Gasteiger partial charge in [0.25, 0.3) is 0 Å². The van der Waals surface area contributed by atoms with E-state index in [1.165, 1.54) is 87.7 Å². The Morgan fingerprint density at radius 2 is 0.920 bits per heavy atom. The third-order valence-electron chi connectivity index (χ3n) is 8.35. The Hall–Kier alpha value is -3.20. The van der Waals surface area contributed by atoms with Crippen LogP contribution in [0.5, 0.6) is 0 Å². The van der Waals surface area contributed by atoms with Crippen LogP contribution in [-0.4, -0.2) is 44.3 Å². The number of fused-ring (bicyclic) bond motifs is 2. The van der Waals surface area contributed by atoms with E-state index in [4.69, 9.17) is 0 Å². The fraction of sp³-hybridized carbons (Fsp3) is 0.444. The van der Waals surface area contributed by atoms with Crippen LogP contribution in [0, 0.1) is 0 Å². The van der Waals surface area contributed by atoms with Crippen molar-refractivity contribution < 1.29 is 40.8 Å². The molecule has 3 saturated heterocycles. The second-order valence-corrected chi connectivity index (χ2v) is 11.9. The third-order valence-corrected chi connectivity index (χ3v) is 8.35. The van der Waals surface area contributed by atoms with Gasteiger partial charge in [-0.15, -0.1) is 38.3 Å². The van der Waals surface area contributed by atoms with Gasteiger partial charge >= 0.3 is 0 Å². The number of rotatable bonds is 2. The second kappa shape index (κ2) is 21.9. The number of pyridine rings is 4. The molecular formula is C36H40N8O4Pd2-8. The molecule has 0 bridgehead atoms. The molecule has 3 unspecified atom stereocenters. The third kappa shape index (κ3) is 13.2. The van der Waals surface area contributed by atoms with Crippen molar-refractivity contribution in [3.63, 3.8) is 0 Å². The summed E-state index contributed by atoms with van der Waals surface area (Å²) in [6.07, 6.45) is 18.0. The molecule has 4 aliphatic heterocycles. The van der Waals surface area contributed by atoms with E-state index in [0.717, 1.165) is 26.2 Å². The molecule has 8 rings (SSSR count). The number of piperidine rings is 3. The summed E-state index contributed by atoms with van der Waals surface area (Å²) in [6.45, 7) is 4.06. The average molecular weight is 862 g/mol. The molecule has 0 radical (unpaired) electrons. The van der Waals surface area contributed by atoms with E-state index in [1.807, 2.05) is 0 Å². The first-order valence-corrected chi connectivity index (χ1v) is 16.7. The summed E-state index contributed by atoms with van der Waals surface area (Å²) in [6, 6.07) is 13.3. The number of aromatic nitrogens is 4. The van der Waals surface area contributed by atoms with Gasteiger partial charge in [-0.25, -0.2) is 11.3 Å². The molecule has 12 nitrogen and oxygen atoms in total. The molecule has 0 amide bonds. The van der Waals surface area contributed by atoms with Gasteiger partial charge in [0.05, 0.1) is 22.2 Å². The SMILES string of the molecule is C1=CC[N-]C(C2CCCC[N-]2)=C1.C1CCC(C2CCCC[N-]2)[N-]C1.O=c1ccc2ccc(=O)[n-]c2[n-]1.O=c1ccc2ccc(=O)[n-]c2[n-]1.[Pd].[Pd]. The quantitative estimate of drug-likeness (QED) is 0.264. The minimum Gasteiger partial charge on any atom is -0.686 e. The van der Waals surface area contributed by atoms with E-state index in [-0.39, 0.29) is 74.4 Å². The molecule has 0 saturated carbocycles. The molecule has 0 N–H and O–H groups in total. The van der Waals surface area contributed by atoms with Crippen molar-refractivity contribution in [3.05, 3.63) is 135 Å². The number of nitrogens with zero attached hydrogens (tertiary/aromatic N) is 8. The zero-order valence-corrected chi connectivity index (χ0v) is 30.7. The topological polar surface area (TPSA) is 181 Å². The van der Waals surface area contributed by atoms with Gasteiger partial charge in [0.2, 0.25) is 0 Å². The summed E-state index contributed by atoms with van der Waals surface area (Å²) >= 11 is 0. The maximum atomic E-state index is 10.7. The minimum atomic E-state index is -0.374. The van der Waals surface area contributed by atoms with E-state index >= 15 is 0 Å². The number of hydrogen-bond donors (Lipinski definition) is 0. The van der Waals surface area contributed by atoms with Gasteiger partial charge in [0, 0.05) is 40.8 Å². The van der Waals surface area contributed by atoms with E-state index in [2.05, 4.69) is 59.4 Å². The Morgan fingerprint density at radius 1 is 0.500 bits per heavy atom. The van der Waals surface area contributed by atoms with E-state index < -0.39 is 0 Å². The summed E-state index contributed by atoms with van der Waals surface area (Å²) in [5, 5.41) is 19.7. The molecule has 4 aliphatic rings. The van der Waals surface area contributed by atoms with Gasteiger partial charge in [-0.2, -0.15) is 17.8 Å². The van der Waals surface area contributed by atoms with Gasteiger partial charge in [-0.3, -0.25) is 0 Å². The summed E-state index contributed by atoms with van der Waals surface area (Å²) in [5.41, 5.74) is 0.129. The van der Waals surface area contributed by atoms with Crippen LogP contribution in [0.1, 0.15) is 57.8 Å². The van der Waals surface area contributed by atoms with Crippen molar-refractivity contribution >= 4 is 22.1 Å². The van der Waals surface area contributed by atoms with Crippen molar-refractivity contribution in [1.29, 1.82) is 0 Å². The second-order valence-electron chi connectivity index (χ2n) is 11.9. The Balaban J connectivity index is 0.000000178. The maximum Gasteiger partial charge on any atom is 0.0767 e. The number of hydrogen-bond acceptors (Lipinski definition) is 4. The summed E-state index contributed by atoms with van der Waals surface area (Å²) in [4.78, 5) is 57.2. The van der Waals surface area contributed by atoms with Gasteiger partial charge in [0.1, 0.15) is 0 Å². The predicted octanol–water partition coefficient (Wildman–Crippen LogP) is 4.52. The van der Waals surface area contributed by atoms with Crippen LogP contribution in [0.2, 0.25) is 0 Å². The smallest absolute Gasteiger partial charge is 0.0767 e. The van der Waals surface area contributed by atoms with Crippen LogP contribution in [0.15, 0.2) is 91.6 Å². The minimum absolute atomic E-state index is 0. The van der Waals surface area contributed by atoms with E-state index in [1.54, 1.807) is 24.3 Å². The Kier molecular flexibility index (Phi) is 18.1. The number of allylic oxidation sites excluding steroid dienone is 2. The van der Waals surface area contributed by atoms with Crippen LogP contribution in [0.25, 0.3) is 43.3 Å². The summed E-state index contributed by atoms with van der Waals surface area (Å²) in [7, 11) is 0. The summed E-state index contributed by atoms with van der Waals surface area (Å²) < 4.78 is 0. The Bertz CT molecular complexity index is 1700. The normalized spacial score (nSPS) is 21.1. The van der Waals surface area contributed by atoms with Crippen molar-refractivity contribution in [2.24, 2.45) is 0 Å². The molecular weight excluding hydrogens is 821 g/mol. The molecule has 14 heteroatoms. The fourth-order valence-electron chi connectivity index (χ4n) is 5.87. The van der Waals surface area contributed by atoms with Crippen molar-refractivity contribution in [2.45, 2.75) is 75.9 Å². The van der Waals surface area contributed by atoms with Gasteiger partial charge in [-0.05, 0) is 24.3 Å². The van der Waals surface area contributed by atoms with Crippen molar-refractivity contribution in [3.8, 4) is 0 Å². The van der Waals surface area contributed by atoms with Crippen LogP contribution in [0.4, 0.5) is 0 Å². The molecule has 3 atom stereocenters. The average Bonchev–Trinajstić information content (AvgIpc) is 3.13. The molecule has 0 spiro atoms. The predicted molar refractivity (Wildman–Crippen MR) is 189 cm³/mol. The zero-order chi connectivity index (χ0) is 33.6. The van der Waals surface area contributed by atoms with Crippen LogP contribution in [-0.2, 0) is 40.8 Å². The van der Waals surface area contributed by atoms with Gasteiger partial charge in [0.15, 0.2) is 0 Å². The first kappa shape index (κ1) is 41.2. The van der Waals surface area contributed by atoms with Crippen molar-refractivity contribution in [2.75, 3.05) is 26.2 Å². The van der Waals surface area contributed by atoms with Crippen LogP contribution < -0.4 is 42.2 Å². The molecule has 276 valence electrons. The van der Waals surface area contributed by atoms with Gasteiger partial charge < -0.3 is 60.4 Å². The molecule has 50 heavy (non-hydrogen) atoms. The fourth-order valence-corrected chi connectivity index (χ4v) is 5.87. The first-order chi connectivity index (χ1) is 23.4. The maximum absolute atomic E-state index is 10.7. The molecule has 4 aromatic heterocycles. The standard InChI is InChI=1S/C10H18N2.C10H14N2.2C8H6N2O2.2Pd/c2*1-3-7-11-9(5-1)10-6-2-4-8-12-10;2*11-6-3-1-5-2-4-7(12)10-8(5)9-6;;/h9-10H,1-8H2;1,3,5,10H,2,4,6-8H2;2*1-4H,(H2,9,10,11,12);;/q2*-2;;;;/p-4. The van der Waals surface area contributed by atoms with Crippen LogP contribution >= 0.6 is 0 Å². The monoisotopic (exact) mass is 860 g/mol. The first-order valence-electron chi connectivity index (χ1n) is 16.7. The Morgan fingerprint density at radius 3 is 1.26 bits per heavy atom.